The Kier molecular flexibility index (Phi) is 6.50. The Labute approximate surface area is 177 Å². The predicted octanol–water partition coefficient (Wildman–Crippen LogP) is 3.61. The summed E-state index contributed by atoms with van der Waals surface area (Å²) in [6.45, 7) is 1.29. The molecule has 30 heavy (non-hydrogen) atoms. The van der Waals surface area contributed by atoms with Crippen molar-refractivity contribution in [3.05, 3.63) is 57.5 Å². The van der Waals surface area contributed by atoms with Crippen LogP contribution in [0.5, 0.6) is 5.75 Å². The summed E-state index contributed by atoms with van der Waals surface area (Å²) in [6, 6.07) is 9.29. The van der Waals surface area contributed by atoms with Gasteiger partial charge in [-0.1, -0.05) is 18.6 Å². The van der Waals surface area contributed by atoms with Gasteiger partial charge < -0.3 is 9.64 Å². The van der Waals surface area contributed by atoms with Crippen molar-refractivity contribution in [1.29, 1.82) is 0 Å². The van der Waals surface area contributed by atoms with Crippen LogP contribution in [0.3, 0.4) is 0 Å². The highest BCUT2D eigenvalue weighted by molar-refractivity contribution is 5.97. The van der Waals surface area contributed by atoms with Crippen molar-refractivity contribution in [2.24, 2.45) is 0 Å². The molecule has 1 aliphatic heterocycles. The van der Waals surface area contributed by atoms with E-state index in [1.165, 1.54) is 6.42 Å². The number of hydrogen-bond donors (Lipinski definition) is 0. The Morgan fingerprint density at radius 1 is 1.13 bits per heavy atom. The normalized spacial score (nSPS) is 19.1. The molecule has 0 N–H and O–H groups in total. The molecule has 1 amide bonds. The van der Waals surface area contributed by atoms with Gasteiger partial charge in [0.1, 0.15) is 5.75 Å². The molecule has 6 heteroatoms. The fraction of sp³-hybridized carbons (Fsp3) is 0.542. The SMILES string of the molecule is COc1ccccc1C(=O)N1CCCCC1CCn1nc2c(cc1=O)CCCCC2. The first-order valence-electron chi connectivity index (χ1n) is 11.2. The van der Waals surface area contributed by atoms with Crippen LogP contribution in [0.25, 0.3) is 0 Å². The molecule has 1 fully saturated rings. The smallest absolute Gasteiger partial charge is 0.267 e. The van der Waals surface area contributed by atoms with Crippen molar-refractivity contribution in [2.75, 3.05) is 13.7 Å². The Hall–Kier alpha value is -2.63. The molecule has 1 atom stereocenters. The van der Waals surface area contributed by atoms with E-state index in [0.29, 0.717) is 17.9 Å². The number of ether oxygens (including phenoxy) is 1. The zero-order valence-corrected chi connectivity index (χ0v) is 17.8. The van der Waals surface area contributed by atoms with Crippen LogP contribution in [-0.4, -0.2) is 40.3 Å². The number of carbonyl (C=O) groups excluding carboxylic acids is 1. The second-order valence-electron chi connectivity index (χ2n) is 8.38. The maximum Gasteiger partial charge on any atom is 0.267 e. The number of rotatable bonds is 5. The Bertz CT molecular complexity index is 953. The molecule has 0 bridgehead atoms. The average molecular weight is 410 g/mol. The molecule has 2 heterocycles. The summed E-state index contributed by atoms with van der Waals surface area (Å²) in [5.74, 6) is 0.620. The number of benzene rings is 1. The summed E-state index contributed by atoms with van der Waals surface area (Å²) >= 11 is 0. The summed E-state index contributed by atoms with van der Waals surface area (Å²) in [4.78, 5) is 27.8. The van der Waals surface area contributed by atoms with Crippen molar-refractivity contribution in [2.45, 2.75) is 70.4 Å². The van der Waals surface area contributed by atoms with Gasteiger partial charge in [-0.2, -0.15) is 5.10 Å². The lowest BCUT2D eigenvalue weighted by Gasteiger charge is -2.36. The van der Waals surface area contributed by atoms with Crippen molar-refractivity contribution in [3.8, 4) is 5.75 Å². The van der Waals surface area contributed by atoms with E-state index < -0.39 is 0 Å². The van der Waals surface area contributed by atoms with Crippen molar-refractivity contribution in [1.82, 2.24) is 14.7 Å². The Morgan fingerprint density at radius 3 is 2.83 bits per heavy atom. The second-order valence-corrected chi connectivity index (χ2v) is 8.38. The standard InChI is InChI=1S/C24H31N3O3/c1-30-22-13-6-5-11-20(22)24(29)26-15-8-7-10-19(26)14-16-27-23(28)17-18-9-3-2-4-12-21(18)25-27/h5-6,11,13,17,19H,2-4,7-10,12,14-16H2,1H3. The van der Waals surface area contributed by atoms with Crippen LogP contribution in [0.2, 0.25) is 0 Å². The molecule has 1 unspecified atom stereocenters. The topological polar surface area (TPSA) is 64.4 Å². The molecule has 4 rings (SSSR count). The average Bonchev–Trinajstić information content (AvgIpc) is 3.02. The lowest BCUT2D eigenvalue weighted by Crippen LogP contribution is -2.44. The third kappa shape index (κ3) is 4.42. The van der Waals surface area contributed by atoms with Crippen molar-refractivity contribution >= 4 is 5.91 Å². The molecule has 0 spiro atoms. The number of hydrogen-bond acceptors (Lipinski definition) is 4. The number of amides is 1. The lowest BCUT2D eigenvalue weighted by molar-refractivity contribution is 0.0590. The quantitative estimate of drug-likeness (QED) is 0.708. The minimum atomic E-state index is -0.0194. The highest BCUT2D eigenvalue weighted by Crippen LogP contribution is 2.26. The number of piperidine rings is 1. The van der Waals surface area contributed by atoms with E-state index in [1.54, 1.807) is 17.9 Å². The maximum absolute atomic E-state index is 13.3. The molecule has 1 aliphatic carbocycles. The van der Waals surface area contributed by atoms with Gasteiger partial charge in [0, 0.05) is 25.2 Å². The molecule has 1 aromatic carbocycles. The van der Waals surface area contributed by atoms with Crippen LogP contribution in [-0.2, 0) is 19.4 Å². The first-order valence-corrected chi connectivity index (χ1v) is 11.2. The van der Waals surface area contributed by atoms with E-state index in [1.807, 2.05) is 29.2 Å². The summed E-state index contributed by atoms with van der Waals surface area (Å²) in [6.07, 6.45) is 9.21. The van der Waals surface area contributed by atoms with Crippen LogP contribution in [0.15, 0.2) is 35.1 Å². The molecule has 2 aliphatic rings. The predicted molar refractivity (Wildman–Crippen MR) is 116 cm³/mol. The van der Waals surface area contributed by atoms with Crippen LogP contribution < -0.4 is 10.3 Å². The van der Waals surface area contributed by atoms with E-state index in [4.69, 9.17) is 9.84 Å². The van der Waals surface area contributed by atoms with Gasteiger partial charge in [-0.3, -0.25) is 9.59 Å². The fourth-order valence-corrected chi connectivity index (χ4v) is 4.75. The number of carbonyl (C=O) groups is 1. The van der Waals surface area contributed by atoms with Gasteiger partial charge in [-0.15, -0.1) is 0 Å². The van der Waals surface area contributed by atoms with Crippen LogP contribution in [0.1, 0.15) is 66.6 Å². The molecule has 1 saturated heterocycles. The summed E-state index contributed by atoms with van der Waals surface area (Å²) in [5, 5.41) is 4.69. The molecule has 0 saturated carbocycles. The van der Waals surface area contributed by atoms with Crippen LogP contribution >= 0.6 is 0 Å². The number of para-hydroxylation sites is 1. The second kappa shape index (κ2) is 9.45. The molecular weight excluding hydrogens is 378 g/mol. The maximum atomic E-state index is 13.3. The van der Waals surface area contributed by atoms with Gasteiger partial charge in [0.05, 0.1) is 18.4 Å². The zero-order chi connectivity index (χ0) is 20.9. The van der Waals surface area contributed by atoms with Gasteiger partial charge in [-0.05, 0) is 69.1 Å². The van der Waals surface area contributed by atoms with Crippen LogP contribution in [0, 0.1) is 0 Å². The summed E-state index contributed by atoms with van der Waals surface area (Å²) < 4.78 is 7.01. The van der Waals surface area contributed by atoms with Crippen molar-refractivity contribution in [3.63, 3.8) is 0 Å². The number of nitrogens with zero attached hydrogens (tertiary/aromatic N) is 3. The third-order valence-corrected chi connectivity index (χ3v) is 6.42. The van der Waals surface area contributed by atoms with Crippen LogP contribution in [0.4, 0.5) is 0 Å². The van der Waals surface area contributed by atoms with Crippen molar-refractivity contribution < 1.29 is 9.53 Å². The fourth-order valence-electron chi connectivity index (χ4n) is 4.75. The molecular formula is C24H31N3O3. The summed E-state index contributed by atoms with van der Waals surface area (Å²) in [5.41, 5.74) is 2.79. The highest BCUT2D eigenvalue weighted by atomic mass is 16.5. The van der Waals surface area contributed by atoms with Gasteiger partial charge in [0.15, 0.2) is 0 Å². The molecule has 0 radical (unpaired) electrons. The van der Waals surface area contributed by atoms with Gasteiger partial charge in [0.25, 0.3) is 11.5 Å². The molecule has 1 aromatic heterocycles. The number of methoxy groups -OCH3 is 1. The molecule has 160 valence electrons. The first-order chi connectivity index (χ1) is 14.7. The summed E-state index contributed by atoms with van der Waals surface area (Å²) in [7, 11) is 1.59. The van der Waals surface area contributed by atoms with Gasteiger partial charge in [-0.25, -0.2) is 4.68 Å². The van der Waals surface area contributed by atoms with Gasteiger partial charge in [0.2, 0.25) is 0 Å². The lowest BCUT2D eigenvalue weighted by atomic mass is 9.98. The number of aryl methyl sites for hydroxylation is 3. The van der Waals surface area contributed by atoms with E-state index in [9.17, 15) is 9.59 Å². The Morgan fingerprint density at radius 2 is 1.97 bits per heavy atom. The zero-order valence-electron chi connectivity index (χ0n) is 17.8. The van der Waals surface area contributed by atoms with E-state index in [-0.39, 0.29) is 17.5 Å². The van der Waals surface area contributed by atoms with E-state index >= 15 is 0 Å². The number of likely N-dealkylation sites (tertiary alicyclic amines) is 1. The van der Waals surface area contributed by atoms with E-state index in [0.717, 1.165) is 69.2 Å². The number of fused-ring (bicyclic) bond motifs is 1. The Balaban J connectivity index is 1.50. The minimum absolute atomic E-state index is 0.0133. The molecule has 2 aromatic rings. The number of aromatic nitrogens is 2. The monoisotopic (exact) mass is 409 g/mol. The first kappa shape index (κ1) is 20.6. The largest absolute Gasteiger partial charge is 0.496 e. The molecule has 6 nitrogen and oxygen atoms in total. The third-order valence-electron chi connectivity index (χ3n) is 6.42. The highest BCUT2D eigenvalue weighted by Gasteiger charge is 2.29. The van der Waals surface area contributed by atoms with Gasteiger partial charge >= 0.3 is 0 Å². The van der Waals surface area contributed by atoms with E-state index in [2.05, 4.69) is 0 Å². The minimum Gasteiger partial charge on any atom is -0.496 e.